The first-order valence-corrected chi connectivity index (χ1v) is 10.4. The lowest BCUT2D eigenvalue weighted by Gasteiger charge is -2.10. The maximum atomic E-state index is 13.3. The highest BCUT2D eigenvalue weighted by Crippen LogP contribution is 2.34. The summed E-state index contributed by atoms with van der Waals surface area (Å²) in [4.78, 5) is 26.1. The van der Waals surface area contributed by atoms with Crippen molar-refractivity contribution in [3.63, 3.8) is 0 Å². The van der Waals surface area contributed by atoms with Crippen LogP contribution < -0.4 is 14.8 Å². The lowest BCUT2D eigenvalue weighted by Crippen LogP contribution is -2.24. The molecule has 32 heavy (non-hydrogen) atoms. The van der Waals surface area contributed by atoms with Gasteiger partial charge < -0.3 is 19.2 Å². The molecule has 0 bridgehead atoms. The first kappa shape index (κ1) is 21.5. The van der Waals surface area contributed by atoms with E-state index in [9.17, 15) is 9.59 Å². The van der Waals surface area contributed by atoms with E-state index in [1.54, 1.807) is 59.1 Å². The maximum absolute atomic E-state index is 13.3. The predicted molar refractivity (Wildman–Crippen MR) is 125 cm³/mol. The number of ketones is 1. The molecule has 4 rings (SSSR count). The van der Waals surface area contributed by atoms with Gasteiger partial charge in [0.15, 0.2) is 0 Å². The smallest absolute Gasteiger partial charge is 0.298 e. The van der Waals surface area contributed by atoms with E-state index < -0.39 is 11.7 Å². The average Bonchev–Trinajstić information content (AvgIpc) is 3.19. The number of carbonyl (C=O) groups is 2. The highest BCUT2D eigenvalue weighted by atomic mass is 35.5. The van der Waals surface area contributed by atoms with Crippen LogP contribution in [0.1, 0.15) is 17.4 Å². The number of anilines is 1. The second kappa shape index (κ2) is 9.16. The normalized spacial score (nSPS) is 10.7. The molecule has 0 fully saturated rings. The summed E-state index contributed by atoms with van der Waals surface area (Å²) >= 11 is 6.31. The van der Waals surface area contributed by atoms with E-state index in [0.717, 1.165) is 5.52 Å². The minimum atomic E-state index is -0.737. The van der Waals surface area contributed by atoms with Crippen molar-refractivity contribution in [2.75, 3.05) is 19.0 Å². The van der Waals surface area contributed by atoms with Crippen molar-refractivity contribution >= 4 is 34.5 Å². The van der Waals surface area contributed by atoms with Crippen molar-refractivity contribution in [3.8, 4) is 22.6 Å². The fraction of sp³-hybridized carbons (Fsp3) is 0.120. The third kappa shape index (κ3) is 4.18. The number of hydrogen-bond acceptors (Lipinski definition) is 4. The van der Waals surface area contributed by atoms with Crippen LogP contribution in [-0.2, 0) is 4.79 Å². The van der Waals surface area contributed by atoms with E-state index in [0.29, 0.717) is 39.9 Å². The lowest BCUT2D eigenvalue weighted by atomic mass is 10.0. The molecule has 1 N–H and O–H groups in total. The number of hydrogen-bond donors (Lipinski definition) is 1. The number of rotatable bonds is 7. The van der Waals surface area contributed by atoms with Crippen molar-refractivity contribution < 1.29 is 19.1 Å². The standard InChI is InChI=1S/C25H21ClN2O4/c1-3-32-19-10-8-17(9-11-19)27-25(30)24(29)23-20(15-18-6-4-5-13-28(18)23)16-7-12-22(31-2)21(26)14-16/h4-15H,3H2,1-2H3,(H,27,30). The minimum Gasteiger partial charge on any atom is -0.495 e. The number of nitrogens with zero attached hydrogens (tertiary/aromatic N) is 1. The summed E-state index contributed by atoms with van der Waals surface area (Å²) in [5.41, 5.74) is 2.85. The van der Waals surface area contributed by atoms with Gasteiger partial charge >= 0.3 is 0 Å². The summed E-state index contributed by atoms with van der Waals surface area (Å²) < 4.78 is 12.3. The Labute approximate surface area is 190 Å². The van der Waals surface area contributed by atoms with E-state index in [4.69, 9.17) is 21.1 Å². The van der Waals surface area contributed by atoms with Crippen LogP contribution in [0.25, 0.3) is 16.6 Å². The number of ether oxygens (including phenoxy) is 2. The highest BCUT2D eigenvalue weighted by molar-refractivity contribution is 6.47. The largest absolute Gasteiger partial charge is 0.495 e. The maximum Gasteiger partial charge on any atom is 0.298 e. The van der Waals surface area contributed by atoms with Gasteiger partial charge in [-0.3, -0.25) is 9.59 Å². The molecule has 0 aliphatic carbocycles. The molecule has 0 atom stereocenters. The Morgan fingerprint density at radius 1 is 1.03 bits per heavy atom. The number of Topliss-reactive ketones (excluding diaryl/α,β-unsaturated/α-hetero) is 1. The van der Waals surface area contributed by atoms with Gasteiger partial charge in [0.2, 0.25) is 0 Å². The van der Waals surface area contributed by atoms with E-state index in [1.165, 1.54) is 7.11 Å². The molecule has 6 nitrogen and oxygen atoms in total. The molecule has 2 heterocycles. The van der Waals surface area contributed by atoms with E-state index in [2.05, 4.69) is 5.32 Å². The third-order valence-corrected chi connectivity index (χ3v) is 5.28. The second-order valence-electron chi connectivity index (χ2n) is 6.99. The molecule has 0 saturated heterocycles. The molecule has 4 aromatic rings. The second-order valence-corrected chi connectivity index (χ2v) is 7.40. The molecule has 162 valence electrons. The van der Waals surface area contributed by atoms with Crippen molar-refractivity contribution in [1.82, 2.24) is 4.40 Å². The van der Waals surface area contributed by atoms with Crippen LogP contribution in [0, 0.1) is 0 Å². The SMILES string of the molecule is CCOc1ccc(NC(=O)C(=O)c2c(-c3ccc(OC)c(Cl)c3)cc3ccccn23)cc1. The third-order valence-electron chi connectivity index (χ3n) is 4.99. The average molecular weight is 449 g/mol. The first-order valence-electron chi connectivity index (χ1n) is 10.0. The quantitative estimate of drug-likeness (QED) is 0.300. The fourth-order valence-corrected chi connectivity index (χ4v) is 3.76. The number of fused-ring (bicyclic) bond motifs is 1. The van der Waals surface area contributed by atoms with Gasteiger partial charge in [-0.2, -0.15) is 0 Å². The minimum absolute atomic E-state index is 0.255. The monoisotopic (exact) mass is 448 g/mol. The van der Waals surface area contributed by atoms with Crippen LogP contribution in [0.3, 0.4) is 0 Å². The van der Waals surface area contributed by atoms with Crippen molar-refractivity contribution in [3.05, 3.63) is 83.6 Å². The Hall–Kier alpha value is -3.77. The number of aromatic nitrogens is 1. The number of nitrogens with one attached hydrogen (secondary N) is 1. The Morgan fingerprint density at radius 2 is 1.81 bits per heavy atom. The van der Waals surface area contributed by atoms with Gasteiger partial charge in [-0.15, -0.1) is 0 Å². The first-order chi connectivity index (χ1) is 15.5. The van der Waals surface area contributed by atoms with Crippen molar-refractivity contribution in [1.29, 1.82) is 0 Å². The van der Waals surface area contributed by atoms with Gasteiger partial charge in [-0.05, 0) is 67.1 Å². The van der Waals surface area contributed by atoms with Crippen molar-refractivity contribution in [2.45, 2.75) is 6.92 Å². The topological polar surface area (TPSA) is 69.0 Å². The summed E-state index contributed by atoms with van der Waals surface area (Å²) in [5.74, 6) is -0.181. The van der Waals surface area contributed by atoms with Gasteiger partial charge in [-0.1, -0.05) is 23.7 Å². The number of benzene rings is 2. The molecule has 0 unspecified atom stereocenters. The number of halogens is 1. The molecule has 0 aliphatic rings. The molecule has 2 aromatic heterocycles. The summed E-state index contributed by atoms with van der Waals surface area (Å²) in [7, 11) is 1.54. The summed E-state index contributed by atoms with van der Waals surface area (Å²) in [6.45, 7) is 2.44. The number of amides is 1. The van der Waals surface area contributed by atoms with Crippen LogP contribution in [0.2, 0.25) is 5.02 Å². The Kier molecular flexibility index (Phi) is 6.14. The summed E-state index contributed by atoms with van der Waals surface area (Å²) in [5, 5.41) is 3.08. The molecular formula is C25H21ClN2O4. The molecule has 7 heteroatoms. The fourth-order valence-electron chi connectivity index (χ4n) is 3.51. The molecule has 0 spiro atoms. The summed E-state index contributed by atoms with van der Waals surface area (Å²) in [6.07, 6.45) is 1.75. The van der Waals surface area contributed by atoms with Crippen molar-refractivity contribution in [2.24, 2.45) is 0 Å². The van der Waals surface area contributed by atoms with Gasteiger partial charge in [0.05, 0.1) is 18.7 Å². The van der Waals surface area contributed by atoms with Crippen LogP contribution >= 0.6 is 11.6 Å². The van der Waals surface area contributed by atoms with Crippen LogP contribution in [0.4, 0.5) is 5.69 Å². The van der Waals surface area contributed by atoms with Gasteiger partial charge in [0.25, 0.3) is 11.7 Å². The lowest BCUT2D eigenvalue weighted by molar-refractivity contribution is -0.112. The van der Waals surface area contributed by atoms with Gasteiger partial charge in [0, 0.05) is 23.0 Å². The Bertz CT molecular complexity index is 1300. The van der Waals surface area contributed by atoms with Crippen LogP contribution in [-0.4, -0.2) is 29.8 Å². The molecule has 0 saturated carbocycles. The number of carbonyl (C=O) groups excluding carboxylic acids is 2. The molecule has 0 radical (unpaired) electrons. The number of pyridine rings is 1. The Morgan fingerprint density at radius 3 is 2.50 bits per heavy atom. The van der Waals surface area contributed by atoms with E-state index in [1.807, 2.05) is 25.1 Å². The van der Waals surface area contributed by atoms with E-state index in [-0.39, 0.29) is 5.69 Å². The van der Waals surface area contributed by atoms with Gasteiger partial charge in [0.1, 0.15) is 17.2 Å². The molecule has 1 amide bonds. The Balaban J connectivity index is 1.71. The van der Waals surface area contributed by atoms with Crippen LogP contribution in [0.5, 0.6) is 11.5 Å². The van der Waals surface area contributed by atoms with Crippen LogP contribution in [0.15, 0.2) is 72.9 Å². The molecule has 2 aromatic carbocycles. The summed E-state index contributed by atoms with van der Waals surface area (Å²) in [6, 6.07) is 19.5. The predicted octanol–water partition coefficient (Wildman–Crippen LogP) is 5.49. The van der Waals surface area contributed by atoms with E-state index >= 15 is 0 Å². The zero-order chi connectivity index (χ0) is 22.7. The molecular weight excluding hydrogens is 428 g/mol. The zero-order valence-corrected chi connectivity index (χ0v) is 18.3. The number of methoxy groups -OCH3 is 1. The van der Waals surface area contributed by atoms with Gasteiger partial charge in [-0.25, -0.2) is 0 Å². The highest BCUT2D eigenvalue weighted by Gasteiger charge is 2.25. The zero-order valence-electron chi connectivity index (χ0n) is 17.6. The molecule has 0 aliphatic heterocycles.